The Labute approximate surface area is 116 Å². The Balaban J connectivity index is 2.47. The molecule has 2 fully saturated rings. The quantitative estimate of drug-likeness (QED) is 0.742. The molecule has 0 aliphatic heterocycles. The highest BCUT2D eigenvalue weighted by atomic mass is 16.5. The number of methoxy groups -OCH3 is 1. The maximum atomic E-state index is 12.5. The molecule has 0 amide bonds. The maximum absolute atomic E-state index is 12.5. The molecular formula is C16H26O3. The lowest BCUT2D eigenvalue weighted by molar-refractivity contribution is -0.124. The van der Waals surface area contributed by atoms with Crippen LogP contribution < -0.4 is 0 Å². The predicted molar refractivity (Wildman–Crippen MR) is 74.9 cm³/mol. The van der Waals surface area contributed by atoms with Crippen LogP contribution in [0.3, 0.4) is 0 Å². The van der Waals surface area contributed by atoms with Crippen LogP contribution in [0.1, 0.15) is 53.4 Å². The van der Waals surface area contributed by atoms with Crippen molar-refractivity contribution < 1.29 is 14.6 Å². The smallest absolute Gasteiger partial charge is 0.161 e. The van der Waals surface area contributed by atoms with Gasteiger partial charge in [-0.25, -0.2) is 0 Å². The van der Waals surface area contributed by atoms with Crippen molar-refractivity contribution in [3.63, 3.8) is 0 Å². The van der Waals surface area contributed by atoms with E-state index in [4.69, 9.17) is 4.74 Å². The second-order valence-corrected chi connectivity index (χ2v) is 6.91. The normalized spacial score (nSPS) is 43.1. The molecule has 2 aliphatic rings. The molecule has 0 unspecified atom stereocenters. The Morgan fingerprint density at radius 3 is 2.47 bits per heavy atom. The fourth-order valence-corrected chi connectivity index (χ4v) is 3.96. The van der Waals surface area contributed by atoms with Crippen LogP contribution in [0.25, 0.3) is 0 Å². The highest BCUT2D eigenvalue weighted by Crippen LogP contribution is 2.52. The molecule has 3 heteroatoms. The van der Waals surface area contributed by atoms with Gasteiger partial charge in [0.05, 0.1) is 11.2 Å². The number of allylic oxidation sites excluding steroid dienone is 2. The van der Waals surface area contributed by atoms with Gasteiger partial charge in [-0.3, -0.25) is 4.79 Å². The molecule has 2 saturated carbocycles. The van der Waals surface area contributed by atoms with Crippen LogP contribution in [0, 0.1) is 11.8 Å². The van der Waals surface area contributed by atoms with Crippen LogP contribution in [0.5, 0.6) is 0 Å². The summed E-state index contributed by atoms with van der Waals surface area (Å²) in [5.41, 5.74) is 0.847. The van der Waals surface area contributed by atoms with Crippen molar-refractivity contribution in [3.8, 4) is 0 Å². The lowest BCUT2D eigenvalue weighted by Gasteiger charge is -2.37. The van der Waals surface area contributed by atoms with Gasteiger partial charge in [-0.1, -0.05) is 5.57 Å². The zero-order valence-corrected chi connectivity index (χ0v) is 12.7. The first-order chi connectivity index (χ1) is 8.71. The average Bonchev–Trinajstić information content (AvgIpc) is 2.54. The average molecular weight is 266 g/mol. The number of carbonyl (C=O) groups excluding carboxylic acids is 1. The number of hydrogen-bond donors (Lipinski definition) is 1. The van der Waals surface area contributed by atoms with Crippen molar-refractivity contribution in [1.82, 2.24) is 0 Å². The van der Waals surface area contributed by atoms with Crippen LogP contribution in [0.15, 0.2) is 11.1 Å². The molecule has 4 atom stereocenters. The summed E-state index contributed by atoms with van der Waals surface area (Å²) >= 11 is 0. The first-order valence-corrected chi connectivity index (χ1v) is 7.18. The van der Waals surface area contributed by atoms with Crippen molar-refractivity contribution in [2.24, 2.45) is 11.8 Å². The molecule has 0 saturated heterocycles. The van der Waals surface area contributed by atoms with E-state index < -0.39 is 11.2 Å². The summed E-state index contributed by atoms with van der Waals surface area (Å²) in [4.78, 5) is 12.5. The van der Waals surface area contributed by atoms with E-state index in [1.165, 1.54) is 0 Å². The molecule has 0 spiro atoms. The summed E-state index contributed by atoms with van der Waals surface area (Å²) in [7, 11) is 1.69. The van der Waals surface area contributed by atoms with Crippen molar-refractivity contribution in [1.29, 1.82) is 0 Å². The van der Waals surface area contributed by atoms with Gasteiger partial charge in [0.2, 0.25) is 0 Å². The summed E-state index contributed by atoms with van der Waals surface area (Å²) in [5.74, 6) is 0.566. The number of ketones is 1. The van der Waals surface area contributed by atoms with Gasteiger partial charge < -0.3 is 9.84 Å². The second kappa shape index (κ2) is 4.71. The Hall–Kier alpha value is -0.670. The van der Waals surface area contributed by atoms with Crippen LogP contribution in [0.2, 0.25) is 0 Å². The number of fused-ring (bicyclic) bond motifs is 1. The van der Waals surface area contributed by atoms with E-state index in [-0.39, 0.29) is 17.6 Å². The molecule has 2 rings (SSSR count). The second-order valence-electron chi connectivity index (χ2n) is 6.91. The summed E-state index contributed by atoms with van der Waals surface area (Å²) in [6.07, 6.45) is 2.86. The molecule has 0 aromatic heterocycles. The molecular weight excluding hydrogens is 240 g/mol. The van der Waals surface area contributed by atoms with E-state index in [9.17, 15) is 9.90 Å². The van der Waals surface area contributed by atoms with Crippen molar-refractivity contribution >= 4 is 5.78 Å². The Morgan fingerprint density at radius 2 is 1.95 bits per heavy atom. The number of hydrogen-bond acceptors (Lipinski definition) is 3. The van der Waals surface area contributed by atoms with E-state index in [0.29, 0.717) is 12.8 Å². The van der Waals surface area contributed by atoms with E-state index in [1.807, 2.05) is 27.7 Å². The summed E-state index contributed by atoms with van der Waals surface area (Å²) < 4.78 is 5.71. The van der Waals surface area contributed by atoms with E-state index in [0.717, 1.165) is 24.0 Å². The number of Topliss-reactive ketones (excluding diaryl/α,β-unsaturated/α-hetero) is 1. The molecule has 108 valence electrons. The lowest BCUT2D eigenvalue weighted by Crippen LogP contribution is -2.42. The molecule has 19 heavy (non-hydrogen) atoms. The molecule has 2 aliphatic carbocycles. The number of rotatable bonds is 1. The van der Waals surface area contributed by atoms with Gasteiger partial charge in [0.15, 0.2) is 5.78 Å². The van der Waals surface area contributed by atoms with Gasteiger partial charge in [-0.2, -0.15) is 0 Å². The molecule has 0 radical (unpaired) electrons. The van der Waals surface area contributed by atoms with Gasteiger partial charge >= 0.3 is 0 Å². The first-order valence-electron chi connectivity index (χ1n) is 7.18. The van der Waals surface area contributed by atoms with Crippen molar-refractivity contribution in [2.45, 2.75) is 64.6 Å². The third-order valence-electron chi connectivity index (χ3n) is 5.37. The third-order valence-corrected chi connectivity index (χ3v) is 5.37. The van der Waals surface area contributed by atoms with E-state index in [1.54, 1.807) is 7.11 Å². The molecule has 0 aromatic carbocycles. The zero-order chi connectivity index (χ0) is 14.4. The molecule has 1 N–H and O–H groups in total. The Bertz CT molecular complexity index is 418. The number of ether oxygens (including phenoxy) is 1. The van der Waals surface area contributed by atoms with Gasteiger partial charge in [-0.15, -0.1) is 0 Å². The monoisotopic (exact) mass is 266 g/mol. The van der Waals surface area contributed by atoms with Crippen molar-refractivity contribution in [2.75, 3.05) is 7.11 Å². The Kier molecular flexibility index (Phi) is 3.65. The fraction of sp³-hybridized carbons (Fsp3) is 0.812. The Morgan fingerprint density at radius 1 is 1.32 bits per heavy atom. The minimum Gasteiger partial charge on any atom is -0.390 e. The SMILES string of the molecule is CO[C@]1(C)CC(=O)C(=C(C)C)C[C@H]2[C@H]1CC[C@]2(C)O. The molecule has 3 nitrogen and oxygen atoms in total. The highest BCUT2D eigenvalue weighted by Gasteiger charge is 2.54. The van der Waals surface area contributed by atoms with E-state index >= 15 is 0 Å². The molecule has 0 heterocycles. The van der Waals surface area contributed by atoms with Crippen LogP contribution in [0.4, 0.5) is 0 Å². The van der Waals surface area contributed by atoms with Gasteiger partial charge in [0.25, 0.3) is 0 Å². The summed E-state index contributed by atoms with van der Waals surface area (Å²) in [6, 6.07) is 0. The largest absolute Gasteiger partial charge is 0.390 e. The molecule has 0 aromatic rings. The fourth-order valence-electron chi connectivity index (χ4n) is 3.96. The maximum Gasteiger partial charge on any atom is 0.161 e. The van der Waals surface area contributed by atoms with Crippen LogP contribution >= 0.6 is 0 Å². The predicted octanol–water partition coefficient (Wildman–Crippen LogP) is 2.87. The minimum absolute atomic E-state index is 0.119. The van der Waals surface area contributed by atoms with Gasteiger partial charge in [-0.05, 0) is 64.4 Å². The first kappa shape index (κ1) is 14.7. The topological polar surface area (TPSA) is 46.5 Å². The zero-order valence-electron chi connectivity index (χ0n) is 12.7. The summed E-state index contributed by atoms with van der Waals surface area (Å²) in [5, 5.41) is 10.6. The van der Waals surface area contributed by atoms with Gasteiger partial charge in [0.1, 0.15) is 0 Å². The standard InChI is InChI=1S/C16H26O3/c1-10(2)11-8-13-12(6-7-15(13,3)18)16(4,19-5)9-14(11)17/h12-13,18H,6-9H2,1-5H3/t12-,13+,15+,16-/m1/s1. The van der Waals surface area contributed by atoms with E-state index in [2.05, 4.69) is 0 Å². The minimum atomic E-state index is -0.685. The highest BCUT2D eigenvalue weighted by molar-refractivity contribution is 5.97. The number of aliphatic hydroxyl groups is 1. The lowest BCUT2D eigenvalue weighted by atomic mass is 9.76. The van der Waals surface area contributed by atoms with Gasteiger partial charge in [0, 0.05) is 13.5 Å². The summed E-state index contributed by atoms with van der Waals surface area (Å²) in [6.45, 7) is 7.91. The van der Waals surface area contributed by atoms with Crippen LogP contribution in [-0.2, 0) is 9.53 Å². The number of carbonyl (C=O) groups is 1. The molecule has 0 bridgehead atoms. The van der Waals surface area contributed by atoms with Crippen molar-refractivity contribution in [3.05, 3.63) is 11.1 Å². The third kappa shape index (κ3) is 2.38. The van der Waals surface area contributed by atoms with Crippen LogP contribution in [-0.4, -0.2) is 29.2 Å².